The van der Waals surface area contributed by atoms with E-state index >= 15 is 0 Å². The summed E-state index contributed by atoms with van der Waals surface area (Å²) in [5.41, 5.74) is 1.98. The second-order valence-electron chi connectivity index (χ2n) is 8.78. The third kappa shape index (κ3) is 6.21. The molecule has 0 saturated heterocycles. The van der Waals surface area contributed by atoms with E-state index in [0.29, 0.717) is 16.5 Å². The van der Waals surface area contributed by atoms with Gasteiger partial charge < -0.3 is 9.47 Å². The minimum Gasteiger partial charge on any atom is -0.497 e. The Morgan fingerprint density at radius 2 is 1.41 bits per heavy atom. The molecule has 0 atom stereocenters. The zero-order valence-corrected chi connectivity index (χ0v) is 23.9. The summed E-state index contributed by atoms with van der Waals surface area (Å²) in [5.74, 6) is 0.735. The Balaban J connectivity index is 1.48. The van der Waals surface area contributed by atoms with Gasteiger partial charge in [0.05, 0.1) is 36.9 Å². The molecule has 9 nitrogen and oxygen atoms in total. The average molecular weight is 587 g/mol. The van der Waals surface area contributed by atoms with Gasteiger partial charge in [0, 0.05) is 5.56 Å². The quantitative estimate of drug-likeness (QED) is 0.218. The van der Waals surface area contributed by atoms with E-state index in [2.05, 4.69) is 15.5 Å². The van der Waals surface area contributed by atoms with E-state index in [1.165, 1.54) is 34.9 Å². The molecular formula is C30H26N4O5S2. The van der Waals surface area contributed by atoms with Crippen molar-refractivity contribution in [2.24, 2.45) is 0 Å². The lowest BCUT2D eigenvalue weighted by Crippen LogP contribution is -2.32. The number of sulfonamides is 1. The largest absolute Gasteiger partial charge is 0.497 e. The molecule has 0 aliphatic rings. The molecule has 1 heterocycles. The van der Waals surface area contributed by atoms with Crippen molar-refractivity contribution in [1.29, 1.82) is 0 Å². The number of carbonyl (C=O) groups is 1. The fraction of sp³-hybridized carbons (Fsp3) is 0.100. The summed E-state index contributed by atoms with van der Waals surface area (Å²) in [7, 11) is -0.978. The Bertz CT molecular complexity index is 1740. The van der Waals surface area contributed by atoms with Gasteiger partial charge in [0.1, 0.15) is 16.5 Å². The molecule has 4 aromatic carbocycles. The molecule has 0 radical (unpaired) electrons. The van der Waals surface area contributed by atoms with Gasteiger partial charge in [-0.25, -0.2) is 8.42 Å². The number of rotatable bonds is 10. The maximum Gasteiger partial charge on any atom is 0.264 e. The molecule has 5 rings (SSSR count). The standard InChI is InChI=1S/C30H26N4O5S2/c1-38-23-14-12-22(13-15-23)29-32-33-30(40-29)31-28(35)26-10-6-7-11-27(26)34(20-21-8-4-3-5-9-21)41(36,37)25-18-16-24(39-2)17-19-25/h3-19H,20H2,1-2H3,(H,31,33,35). The van der Waals surface area contributed by atoms with Crippen molar-refractivity contribution in [3.8, 4) is 22.1 Å². The van der Waals surface area contributed by atoms with Crippen LogP contribution in [0.4, 0.5) is 10.8 Å². The van der Waals surface area contributed by atoms with Crippen LogP contribution in [0.15, 0.2) is 108 Å². The summed E-state index contributed by atoms with van der Waals surface area (Å²) in [4.78, 5) is 13.6. The zero-order chi connectivity index (χ0) is 28.8. The molecule has 11 heteroatoms. The zero-order valence-electron chi connectivity index (χ0n) is 22.2. The molecule has 5 aromatic rings. The maximum atomic E-state index is 14.0. The molecule has 41 heavy (non-hydrogen) atoms. The highest BCUT2D eigenvalue weighted by Gasteiger charge is 2.29. The summed E-state index contributed by atoms with van der Waals surface area (Å²) in [6.07, 6.45) is 0. The summed E-state index contributed by atoms with van der Waals surface area (Å²) < 4.78 is 39.6. The summed E-state index contributed by atoms with van der Waals surface area (Å²) in [6, 6.07) is 29.2. The molecule has 208 valence electrons. The molecule has 0 saturated carbocycles. The topological polar surface area (TPSA) is 111 Å². The van der Waals surface area contributed by atoms with E-state index in [4.69, 9.17) is 9.47 Å². The van der Waals surface area contributed by atoms with Crippen LogP contribution in [0, 0.1) is 0 Å². The van der Waals surface area contributed by atoms with E-state index in [-0.39, 0.29) is 27.8 Å². The predicted molar refractivity (Wildman–Crippen MR) is 159 cm³/mol. The van der Waals surface area contributed by atoms with Crippen molar-refractivity contribution in [1.82, 2.24) is 10.2 Å². The number of amides is 1. The number of benzene rings is 4. The lowest BCUT2D eigenvalue weighted by atomic mass is 10.1. The van der Waals surface area contributed by atoms with Gasteiger partial charge in [0.15, 0.2) is 0 Å². The van der Waals surface area contributed by atoms with Crippen molar-refractivity contribution in [2.75, 3.05) is 23.8 Å². The van der Waals surface area contributed by atoms with E-state index in [1.54, 1.807) is 43.5 Å². The normalized spacial score (nSPS) is 11.1. The van der Waals surface area contributed by atoms with E-state index in [9.17, 15) is 13.2 Å². The molecule has 0 bridgehead atoms. The predicted octanol–water partition coefficient (Wildman–Crippen LogP) is 5.87. The van der Waals surface area contributed by atoms with Crippen molar-refractivity contribution < 1.29 is 22.7 Å². The number of carbonyl (C=O) groups excluding carboxylic acids is 1. The number of para-hydroxylation sites is 1. The molecule has 0 spiro atoms. The monoisotopic (exact) mass is 586 g/mol. The first-order valence-electron chi connectivity index (χ1n) is 12.5. The highest BCUT2D eigenvalue weighted by atomic mass is 32.2. The van der Waals surface area contributed by atoms with Crippen LogP contribution in [-0.4, -0.2) is 38.7 Å². The summed E-state index contributed by atoms with van der Waals surface area (Å²) >= 11 is 1.21. The van der Waals surface area contributed by atoms with E-state index < -0.39 is 15.9 Å². The first-order valence-corrected chi connectivity index (χ1v) is 14.7. The number of aromatic nitrogens is 2. The fourth-order valence-corrected chi connectivity index (χ4v) is 6.31. The fourth-order valence-electron chi connectivity index (χ4n) is 4.10. The number of hydrogen-bond acceptors (Lipinski definition) is 8. The van der Waals surface area contributed by atoms with Gasteiger partial charge in [-0.1, -0.05) is 53.8 Å². The van der Waals surface area contributed by atoms with Crippen LogP contribution in [0.2, 0.25) is 0 Å². The summed E-state index contributed by atoms with van der Waals surface area (Å²) in [6.45, 7) is 0.0138. The lowest BCUT2D eigenvalue weighted by Gasteiger charge is -2.26. The molecular weight excluding hydrogens is 560 g/mol. The number of ether oxygens (including phenoxy) is 2. The molecule has 0 aliphatic carbocycles. The summed E-state index contributed by atoms with van der Waals surface area (Å²) in [5, 5.41) is 12.0. The molecule has 1 amide bonds. The minimum absolute atomic E-state index is 0.0138. The third-order valence-electron chi connectivity index (χ3n) is 6.22. The van der Waals surface area contributed by atoms with Gasteiger partial charge in [-0.2, -0.15) is 0 Å². The Labute approximate surface area is 242 Å². The molecule has 0 fully saturated rings. The first kappa shape index (κ1) is 27.8. The van der Waals surface area contributed by atoms with Crippen LogP contribution in [-0.2, 0) is 16.6 Å². The van der Waals surface area contributed by atoms with Crippen LogP contribution < -0.4 is 19.1 Å². The maximum absolute atomic E-state index is 14.0. The first-order chi connectivity index (χ1) is 19.9. The van der Waals surface area contributed by atoms with Crippen molar-refractivity contribution >= 4 is 38.1 Å². The van der Waals surface area contributed by atoms with Crippen LogP contribution >= 0.6 is 11.3 Å². The van der Waals surface area contributed by atoms with Crippen molar-refractivity contribution in [3.63, 3.8) is 0 Å². The van der Waals surface area contributed by atoms with Gasteiger partial charge in [-0.15, -0.1) is 10.2 Å². The number of methoxy groups -OCH3 is 2. The average Bonchev–Trinajstić information content (AvgIpc) is 3.48. The second-order valence-corrected chi connectivity index (χ2v) is 11.6. The Morgan fingerprint density at radius 3 is 2.07 bits per heavy atom. The highest BCUT2D eigenvalue weighted by Crippen LogP contribution is 2.32. The van der Waals surface area contributed by atoms with Gasteiger partial charge in [-0.3, -0.25) is 14.4 Å². The van der Waals surface area contributed by atoms with Crippen molar-refractivity contribution in [3.05, 3.63) is 114 Å². The van der Waals surface area contributed by atoms with Crippen LogP contribution in [0.25, 0.3) is 10.6 Å². The van der Waals surface area contributed by atoms with Gasteiger partial charge in [0.25, 0.3) is 15.9 Å². The smallest absolute Gasteiger partial charge is 0.264 e. The van der Waals surface area contributed by atoms with E-state index in [0.717, 1.165) is 11.1 Å². The van der Waals surface area contributed by atoms with Gasteiger partial charge in [0.2, 0.25) is 5.13 Å². The van der Waals surface area contributed by atoms with Crippen molar-refractivity contribution in [2.45, 2.75) is 11.4 Å². The SMILES string of the molecule is COc1ccc(-c2nnc(NC(=O)c3ccccc3N(Cc3ccccc3)S(=O)(=O)c3ccc(OC)cc3)s2)cc1. The number of nitrogens with zero attached hydrogens (tertiary/aromatic N) is 3. The molecule has 0 unspecified atom stereocenters. The Kier molecular flexibility index (Phi) is 8.27. The van der Waals surface area contributed by atoms with Gasteiger partial charge >= 0.3 is 0 Å². The third-order valence-corrected chi connectivity index (χ3v) is 8.88. The van der Waals surface area contributed by atoms with Crippen LogP contribution in [0.5, 0.6) is 11.5 Å². The van der Waals surface area contributed by atoms with Gasteiger partial charge in [-0.05, 0) is 66.2 Å². The Hall–Kier alpha value is -4.74. The number of hydrogen-bond donors (Lipinski definition) is 1. The molecule has 1 aromatic heterocycles. The van der Waals surface area contributed by atoms with Crippen LogP contribution in [0.3, 0.4) is 0 Å². The Morgan fingerprint density at radius 1 is 0.805 bits per heavy atom. The van der Waals surface area contributed by atoms with E-state index in [1.807, 2.05) is 54.6 Å². The second kappa shape index (κ2) is 12.2. The molecule has 0 aliphatic heterocycles. The van der Waals surface area contributed by atoms with Crippen LogP contribution in [0.1, 0.15) is 15.9 Å². The molecule has 1 N–H and O–H groups in total. The number of anilines is 2. The number of nitrogens with one attached hydrogen (secondary N) is 1. The lowest BCUT2D eigenvalue weighted by molar-refractivity contribution is 0.102. The minimum atomic E-state index is -4.08. The highest BCUT2D eigenvalue weighted by molar-refractivity contribution is 7.92.